The van der Waals surface area contributed by atoms with Gasteiger partial charge in [0.05, 0.1) is 18.4 Å². The third-order valence-corrected chi connectivity index (χ3v) is 4.91. The summed E-state index contributed by atoms with van der Waals surface area (Å²) >= 11 is 0. The fourth-order valence-corrected chi connectivity index (χ4v) is 3.71. The molecule has 3 rings (SSSR count). The molecule has 0 spiro atoms. The smallest absolute Gasteiger partial charge is 0.232 e. The van der Waals surface area contributed by atoms with Gasteiger partial charge < -0.3 is 9.84 Å². The third kappa shape index (κ3) is 3.56. The van der Waals surface area contributed by atoms with E-state index in [0.29, 0.717) is 29.6 Å². The fraction of sp³-hybridized carbons (Fsp3) is 0.400. The first-order chi connectivity index (χ1) is 11.3. The summed E-state index contributed by atoms with van der Waals surface area (Å²) in [4.78, 5) is 16.1. The minimum absolute atomic E-state index is 0.00971. The molecular weight excluding hydrogens is 332 g/mol. The van der Waals surface area contributed by atoms with Crippen LogP contribution in [-0.4, -0.2) is 37.3 Å². The second-order valence-electron chi connectivity index (χ2n) is 5.74. The second kappa shape index (κ2) is 6.23. The molecule has 1 aromatic heterocycles. The van der Waals surface area contributed by atoms with Crippen molar-refractivity contribution in [3.63, 3.8) is 0 Å². The highest BCUT2D eigenvalue weighted by molar-refractivity contribution is 7.92. The number of aryl methyl sites for hydroxylation is 2. The van der Waals surface area contributed by atoms with Gasteiger partial charge in [-0.25, -0.2) is 8.42 Å². The highest BCUT2D eigenvalue weighted by Gasteiger charge is 2.24. The van der Waals surface area contributed by atoms with Crippen LogP contribution in [0, 0.1) is 6.92 Å². The summed E-state index contributed by atoms with van der Waals surface area (Å²) in [6.45, 7) is 2.10. The third-order valence-electron chi connectivity index (χ3n) is 3.73. The van der Waals surface area contributed by atoms with Crippen LogP contribution in [0.15, 0.2) is 22.7 Å². The van der Waals surface area contributed by atoms with Crippen molar-refractivity contribution >= 4 is 27.3 Å². The lowest BCUT2D eigenvalue weighted by atomic mass is 10.0. The van der Waals surface area contributed by atoms with E-state index in [1.807, 2.05) is 6.07 Å². The highest BCUT2D eigenvalue weighted by Crippen LogP contribution is 2.31. The lowest BCUT2D eigenvalue weighted by Gasteiger charge is -2.29. The molecule has 0 atom stereocenters. The van der Waals surface area contributed by atoms with Gasteiger partial charge in [0, 0.05) is 19.2 Å². The molecule has 0 radical (unpaired) electrons. The zero-order chi connectivity index (χ0) is 17.3. The predicted octanol–water partition coefficient (Wildman–Crippen LogP) is 1.27. The molecule has 1 N–H and O–H groups in total. The summed E-state index contributed by atoms with van der Waals surface area (Å²) in [5, 5.41) is 6.42. The number of amides is 1. The Morgan fingerprint density at radius 1 is 1.42 bits per heavy atom. The molecule has 0 fully saturated rings. The maximum absolute atomic E-state index is 12.1. The lowest BCUT2D eigenvalue weighted by molar-refractivity contribution is -0.115. The summed E-state index contributed by atoms with van der Waals surface area (Å²) < 4.78 is 30.1. The minimum Gasteiger partial charge on any atom is -0.340 e. The van der Waals surface area contributed by atoms with Gasteiger partial charge in [-0.3, -0.25) is 9.10 Å². The Bertz CT molecular complexity index is 875. The number of nitrogens with zero attached hydrogens (tertiary/aromatic N) is 3. The molecule has 8 nitrogen and oxygen atoms in total. The number of anilines is 2. The Kier molecular flexibility index (Phi) is 4.27. The molecule has 2 aromatic rings. The van der Waals surface area contributed by atoms with Crippen LogP contribution in [0.25, 0.3) is 0 Å². The van der Waals surface area contributed by atoms with Gasteiger partial charge in [0.2, 0.25) is 21.8 Å². The van der Waals surface area contributed by atoms with E-state index in [0.717, 1.165) is 18.4 Å². The average Bonchev–Trinajstić information content (AvgIpc) is 2.90. The fourth-order valence-electron chi connectivity index (χ4n) is 2.73. The van der Waals surface area contributed by atoms with E-state index in [2.05, 4.69) is 15.5 Å². The zero-order valence-corrected chi connectivity index (χ0v) is 14.3. The van der Waals surface area contributed by atoms with Crippen molar-refractivity contribution in [1.29, 1.82) is 0 Å². The van der Waals surface area contributed by atoms with E-state index in [1.54, 1.807) is 19.1 Å². The van der Waals surface area contributed by atoms with Crippen LogP contribution >= 0.6 is 0 Å². The van der Waals surface area contributed by atoms with Crippen molar-refractivity contribution in [3.8, 4) is 0 Å². The van der Waals surface area contributed by atoms with Crippen LogP contribution in [0.4, 0.5) is 11.4 Å². The Balaban J connectivity index is 1.79. The van der Waals surface area contributed by atoms with E-state index >= 15 is 0 Å². The molecule has 0 saturated heterocycles. The number of fused-ring (bicyclic) bond motifs is 1. The first kappa shape index (κ1) is 16.4. The van der Waals surface area contributed by atoms with Crippen molar-refractivity contribution < 1.29 is 17.7 Å². The summed E-state index contributed by atoms with van der Waals surface area (Å²) in [6.07, 6.45) is 2.77. The van der Waals surface area contributed by atoms with Crippen LogP contribution in [0.1, 0.15) is 23.7 Å². The molecule has 0 saturated carbocycles. The molecule has 0 unspecified atom stereocenters. The topological polar surface area (TPSA) is 105 Å². The number of nitrogens with one attached hydrogen (secondary N) is 1. The molecule has 2 heterocycles. The van der Waals surface area contributed by atoms with Gasteiger partial charge >= 0.3 is 0 Å². The maximum atomic E-state index is 12.1. The Morgan fingerprint density at radius 2 is 2.21 bits per heavy atom. The number of rotatable bonds is 4. The predicted molar refractivity (Wildman–Crippen MR) is 88.3 cm³/mol. The molecule has 9 heteroatoms. The number of aromatic nitrogens is 2. The quantitative estimate of drug-likeness (QED) is 0.890. The molecular formula is C15H18N4O4S. The molecule has 24 heavy (non-hydrogen) atoms. The molecule has 1 aliphatic rings. The molecule has 0 bridgehead atoms. The highest BCUT2D eigenvalue weighted by atomic mass is 32.2. The largest absolute Gasteiger partial charge is 0.340 e. The molecule has 0 aliphatic carbocycles. The van der Waals surface area contributed by atoms with Crippen molar-refractivity contribution in [1.82, 2.24) is 10.1 Å². The van der Waals surface area contributed by atoms with Crippen LogP contribution in [0.2, 0.25) is 0 Å². The average molecular weight is 350 g/mol. The van der Waals surface area contributed by atoms with Gasteiger partial charge in [0.25, 0.3) is 0 Å². The maximum Gasteiger partial charge on any atom is 0.232 e. The summed E-state index contributed by atoms with van der Waals surface area (Å²) in [5.74, 6) is 0.411. The first-order valence-electron chi connectivity index (χ1n) is 7.52. The Labute approximate surface area is 139 Å². The van der Waals surface area contributed by atoms with Gasteiger partial charge in [-0.05, 0) is 30.5 Å². The standard InChI is InChI=1S/C15H18N4O4S/c1-10-16-14(18-23-10)9-15(20)17-12-6-5-11-4-3-7-19(13(11)8-12)24(2,21)22/h5-6,8H,3-4,7,9H2,1-2H3,(H,17,20). The molecule has 1 amide bonds. The van der Waals surface area contributed by atoms with Gasteiger partial charge in [0.1, 0.15) is 0 Å². The second-order valence-corrected chi connectivity index (χ2v) is 7.64. The molecule has 128 valence electrons. The first-order valence-corrected chi connectivity index (χ1v) is 9.37. The summed E-state index contributed by atoms with van der Waals surface area (Å²) in [5.41, 5.74) is 2.12. The molecule has 1 aromatic carbocycles. The van der Waals surface area contributed by atoms with Crippen molar-refractivity contribution in [2.45, 2.75) is 26.2 Å². The Hall–Kier alpha value is -2.42. The zero-order valence-electron chi connectivity index (χ0n) is 13.4. The lowest BCUT2D eigenvalue weighted by Crippen LogP contribution is -2.34. The summed E-state index contributed by atoms with van der Waals surface area (Å²) in [6, 6.07) is 5.31. The van der Waals surface area contributed by atoms with Crippen LogP contribution in [-0.2, 0) is 27.7 Å². The minimum atomic E-state index is -3.34. The van der Waals surface area contributed by atoms with Crippen LogP contribution in [0.3, 0.4) is 0 Å². The number of carbonyl (C=O) groups is 1. The van der Waals surface area contributed by atoms with Crippen molar-refractivity contribution in [3.05, 3.63) is 35.5 Å². The number of carbonyl (C=O) groups excluding carboxylic acids is 1. The van der Waals surface area contributed by atoms with Gasteiger partial charge in [-0.1, -0.05) is 11.2 Å². The van der Waals surface area contributed by atoms with E-state index in [-0.39, 0.29) is 12.3 Å². The van der Waals surface area contributed by atoms with Gasteiger partial charge in [0.15, 0.2) is 5.82 Å². The monoisotopic (exact) mass is 350 g/mol. The number of benzene rings is 1. The summed E-state index contributed by atoms with van der Waals surface area (Å²) in [7, 11) is -3.34. The SMILES string of the molecule is Cc1nc(CC(=O)Nc2ccc3c(c2)N(S(C)(=O)=O)CCC3)no1. The number of sulfonamides is 1. The van der Waals surface area contributed by atoms with E-state index in [4.69, 9.17) is 4.52 Å². The Morgan fingerprint density at radius 3 is 2.88 bits per heavy atom. The van der Waals surface area contributed by atoms with Crippen molar-refractivity contribution in [2.75, 3.05) is 22.4 Å². The molecule has 1 aliphatic heterocycles. The van der Waals surface area contributed by atoms with E-state index in [1.165, 1.54) is 10.6 Å². The number of hydrogen-bond donors (Lipinski definition) is 1. The normalized spacial score (nSPS) is 14.3. The van der Waals surface area contributed by atoms with Gasteiger partial charge in [-0.2, -0.15) is 4.98 Å². The van der Waals surface area contributed by atoms with Crippen LogP contribution in [0.5, 0.6) is 0 Å². The van der Waals surface area contributed by atoms with Gasteiger partial charge in [-0.15, -0.1) is 0 Å². The van der Waals surface area contributed by atoms with E-state index < -0.39 is 10.0 Å². The van der Waals surface area contributed by atoms with E-state index in [9.17, 15) is 13.2 Å². The van der Waals surface area contributed by atoms with Crippen molar-refractivity contribution in [2.24, 2.45) is 0 Å². The number of hydrogen-bond acceptors (Lipinski definition) is 6. The van der Waals surface area contributed by atoms with Crippen LogP contribution < -0.4 is 9.62 Å².